The van der Waals surface area contributed by atoms with E-state index in [0.29, 0.717) is 6.61 Å². The van der Waals surface area contributed by atoms with Crippen molar-refractivity contribution in [1.29, 1.82) is 0 Å². The van der Waals surface area contributed by atoms with Crippen LogP contribution in [0.2, 0.25) is 0 Å². The highest BCUT2D eigenvalue weighted by molar-refractivity contribution is 5.28. The average molecular weight is 277 g/mol. The first-order chi connectivity index (χ1) is 9.70. The molecule has 5 heteroatoms. The minimum absolute atomic E-state index is 0.184. The van der Waals surface area contributed by atoms with Crippen molar-refractivity contribution in [2.75, 3.05) is 25.6 Å². The highest BCUT2D eigenvalue weighted by atomic mass is 19.1. The minimum Gasteiger partial charge on any atom is -0.383 e. The second-order valence-electron chi connectivity index (χ2n) is 4.68. The average Bonchev–Trinajstić information content (AvgIpc) is 2.86. The van der Waals surface area contributed by atoms with Crippen molar-refractivity contribution in [3.05, 3.63) is 47.5 Å². The lowest BCUT2D eigenvalue weighted by molar-refractivity contribution is 0.210. The van der Waals surface area contributed by atoms with Crippen LogP contribution in [-0.4, -0.2) is 29.8 Å². The number of benzene rings is 1. The molecule has 2 aromatic rings. The molecule has 20 heavy (non-hydrogen) atoms. The van der Waals surface area contributed by atoms with Crippen molar-refractivity contribution >= 4 is 5.95 Å². The van der Waals surface area contributed by atoms with Crippen molar-refractivity contribution in [2.24, 2.45) is 0 Å². The summed E-state index contributed by atoms with van der Waals surface area (Å²) in [5, 5.41) is 3.22. The summed E-state index contributed by atoms with van der Waals surface area (Å²) < 4.78 is 20.1. The van der Waals surface area contributed by atoms with Gasteiger partial charge >= 0.3 is 0 Å². The fourth-order valence-corrected chi connectivity index (χ4v) is 2.10. The van der Waals surface area contributed by atoms with E-state index in [0.717, 1.165) is 36.6 Å². The van der Waals surface area contributed by atoms with Crippen LogP contribution in [0.3, 0.4) is 0 Å². The van der Waals surface area contributed by atoms with Crippen molar-refractivity contribution < 1.29 is 9.13 Å². The minimum atomic E-state index is -0.184. The molecular formula is C15H20FN3O. The predicted molar refractivity (Wildman–Crippen MR) is 77.4 cm³/mol. The Hall–Kier alpha value is -1.88. The lowest BCUT2D eigenvalue weighted by Crippen LogP contribution is -2.13. The fourth-order valence-electron chi connectivity index (χ4n) is 2.10. The monoisotopic (exact) mass is 277 g/mol. The number of nitrogens with one attached hydrogen (secondary N) is 1. The number of methoxy groups -OCH3 is 1. The molecule has 2 rings (SSSR count). The van der Waals surface area contributed by atoms with Gasteiger partial charge in [-0.25, -0.2) is 9.37 Å². The molecule has 1 aromatic heterocycles. The summed E-state index contributed by atoms with van der Waals surface area (Å²) in [6, 6.07) is 4.93. The summed E-state index contributed by atoms with van der Waals surface area (Å²) in [6.07, 6.45) is 4.56. The number of aromatic nitrogens is 2. The zero-order valence-corrected chi connectivity index (χ0v) is 11.9. The Morgan fingerprint density at radius 2 is 2.25 bits per heavy atom. The molecule has 0 amide bonds. The van der Waals surface area contributed by atoms with E-state index in [1.54, 1.807) is 19.4 Å². The number of hydrogen-bond acceptors (Lipinski definition) is 3. The van der Waals surface area contributed by atoms with Gasteiger partial charge in [0.25, 0.3) is 0 Å². The Labute approximate surface area is 118 Å². The Morgan fingerprint density at radius 3 is 3.00 bits per heavy atom. The second kappa shape index (κ2) is 7.05. The van der Waals surface area contributed by atoms with Gasteiger partial charge in [-0.15, -0.1) is 0 Å². The summed E-state index contributed by atoms with van der Waals surface area (Å²) in [6.45, 7) is 4.11. The number of aryl methyl sites for hydroxylation is 3. The van der Waals surface area contributed by atoms with Gasteiger partial charge in [-0.2, -0.15) is 0 Å². The fraction of sp³-hybridized carbons (Fsp3) is 0.400. The van der Waals surface area contributed by atoms with Gasteiger partial charge < -0.3 is 14.6 Å². The molecule has 108 valence electrons. The van der Waals surface area contributed by atoms with E-state index in [2.05, 4.69) is 14.9 Å². The van der Waals surface area contributed by atoms with E-state index in [1.807, 2.05) is 19.2 Å². The van der Waals surface area contributed by atoms with Crippen LogP contribution < -0.4 is 5.32 Å². The lowest BCUT2D eigenvalue weighted by Gasteiger charge is -2.11. The van der Waals surface area contributed by atoms with Gasteiger partial charge in [0, 0.05) is 32.6 Å². The number of ether oxygens (including phenoxy) is 1. The third-order valence-corrected chi connectivity index (χ3v) is 3.23. The highest BCUT2D eigenvalue weighted by Crippen LogP contribution is 2.13. The van der Waals surface area contributed by atoms with Gasteiger partial charge in [0.05, 0.1) is 6.61 Å². The molecule has 0 saturated carbocycles. The molecule has 0 unspecified atom stereocenters. The Balaban J connectivity index is 1.95. The van der Waals surface area contributed by atoms with Gasteiger partial charge in [0.2, 0.25) is 5.95 Å². The highest BCUT2D eigenvalue weighted by Gasteiger charge is 2.04. The van der Waals surface area contributed by atoms with Gasteiger partial charge in [0.1, 0.15) is 5.82 Å². The number of nitrogens with zero attached hydrogens (tertiary/aromatic N) is 2. The number of halogens is 1. The standard InChI is InChI=1S/C15H20FN3O/c1-12-11-14(16)4-3-13(12)5-8-19-9-6-17-15(19)18-7-10-20-2/h3-4,6,9,11H,5,7-8,10H2,1-2H3,(H,17,18). The van der Waals surface area contributed by atoms with Crippen molar-refractivity contribution in [1.82, 2.24) is 9.55 Å². The third kappa shape index (κ3) is 3.81. The molecule has 0 saturated heterocycles. The molecule has 0 aliphatic rings. The Kier molecular flexibility index (Phi) is 5.12. The first kappa shape index (κ1) is 14.5. The Bertz CT molecular complexity index is 554. The molecule has 0 aliphatic heterocycles. The molecule has 0 aliphatic carbocycles. The molecule has 0 radical (unpaired) electrons. The molecule has 4 nitrogen and oxygen atoms in total. The Morgan fingerprint density at radius 1 is 1.40 bits per heavy atom. The van der Waals surface area contributed by atoms with Crippen molar-refractivity contribution in [2.45, 2.75) is 19.9 Å². The number of imidazole rings is 1. The summed E-state index contributed by atoms with van der Waals surface area (Å²) >= 11 is 0. The van der Waals surface area contributed by atoms with E-state index < -0.39 is 0 Å². The van der Waals surface area contributed by atoms with E-state index >= 15 is 0 Å². The number of rotatable bonds is 7. The summed E-state index contributed by atoms with van der Waals surface area (Å²) in [5.41, 5.74) is 2.14. The molecule has 1 heterocycles. The third-order valence-electron chi connectivity index (χ3n) is 3.23. The van der Waals surface area contributed by atoms with E-state index in [9.17, 15) is 4.39 Å². The topological polar surface area (TPSA) is 39.1 Å². The first-order valence-corrected chi connectivity index (χ1v) is 6.69. The quantitative estimate of drug-likeness (QED) is 0.791. The molecule has 1 N–H and O–H groups in total. The summed E-state index contributed by atoms with van der Waals surface area (Å²) in [5.74, 6) is 0.651. The van der Waals surface area contributed by atoms with Gasteiger partial charge in [-0.05, 0) is 36.6 Å². The molecule has 0 atom stereocenters. The summed E-state index contributed by atoms with van der Waals surface area (Å²) in [4.78, 5) is 4.27. The van der Waals surface area contributed by atoms with Crippen molar-refractivity contribution in [3.8, 4) is 0 Å². The van der Waals surface area contributed by atoms with Crippen LogP contribution in [0.25, 0.3) is 0 Å². The molecule has 0 fully saturated rings. The molecular weight excluding hydrogens is 257 g/mol. The number of hydrogen-bond donors (Lipinski definition) is 1. The second-order valence-corrected chi connectivity index (χ2v) is 4.68. The van der Waals surface area contributed by atoms with Crippen LogP contribution in [-0.2, 0) is 17.7 Å². The molecule has 0 spiro atoms. The van der Waals surface area contributed by atoms with Gasteiger partial charge in [0.15, 0.2) is 0 Å². The maximum Gasteiger partial charge on any atom is 0.202 e. The largest absolute Gasteiger partial charge is 0.383 e. The van der Waals surface area contributed by atoms with Crippen LogP contribution >= 0.6 is 0 Å². The lowest BCUT2D eigenvalue weighted by atomic mass is 10.1. The SMILES string of the molecule is COCCNc1nccn1CCc1ccc(F)cc1C. The molecule has 1 aromatic carbocycles. The van der Waals surface area contributed by atoms with Crippen LogP contribution in [0, 0.1) is 12.7 Å². The zero-order chi connectivity index (χ0) is 14.4. The first-order valence-electron chi connectivity index (χ1n) is 6.69. The molecule has 0 bridgehead atoms. The van der Waals surface area contributed by atoms with Gasteiger partial charge in [-0.1, -0.05) is 6.07 Å². The van der Waals surface area contributed by atoms with Crippen LogP contribution in [0.15, 0.2) is 30.6 Å². The van der Waals surface area contributed by atoms with E-state index in [4.69, 9.17) is 4.74 Å². The normalized spacial score (nSPS) is 10.8. The van der Waals surface area contributed by atoms with E-state index in [1.165, 1.54) is 6.07 Å². The number of anilines is 1. The van der Waals surface area contributed by atoms with Crippen molar-refractivity contribution in [3.63, 3.8) is 0 Å². The smallest absolute Gasteiger partial charge is 0.202 e. The maximum atomic E-state index is 13.1. The van der Waals surface area contributed by atoms with Crippen LogP contribution in [0.4, 0.5) is 10.3 Å². The zero-order valence-electron chi connectivity index (χ0n) is 11.9. The van der Waals surface area contributed by atoms with E-state index in [-0.39, 0.29) is 5.82 Å². The maximum absolute atomic E-state index is 13.1. The predicted octanol–water partition coefficient (Wildman–Crippen LogP) is 2.63. The van der Waals surface area contributed by atoms with Gasteiger partial charge in [-0.3, -0.25) is 0 Å². The summed E-state index contributed by atoms with van der Waals surface area (Å²) in [7, 11) is 1.67. The van der Waals surface area contributed by atoms with Crippen LogP contribution in [0.5, 0.6) is 0 Å². The van der Waals surface area contributed by atoms with Crippen LogP contribution in [0.1, 0.15) is 11.1 Å².